The molecule has 56 valence electrons. The van der Waals surface area contributed by atoms with Crippen molar-refractivity contribution in [3.05, 3.63) is 28.2 Å². The molecule has 0 saturated heterocycles. The van der Waals surface area contributed by atoms with Crippen LogP contribution in [0.5, 0.6) is 5.75 Å². The van der Waals surface area contributed by atoms with Crippen LogP contribution in [0.15, 0.2) is 18.2 Å². The maximum atomic E-state index is 8.42. The SMILES string of the molecule is COc1ccc(Cl)c([N+]#N)c1. The molecule has 4 heteroatoms. The minimum Gasteiger partial charge on any atom is -0.496 e. The minimum absolute atomic E-state index is 0.311. The van der Waals surface area contributed by atoms with E-state index in [9.17, 15) is 0 Å². The quantitative estimate of drug-likeness (QED) is 0.607. The molecule has 0 atom stereocenters. The number of benzene rings is 1. The van der Waals surface area contributed by atoms with Gasteiger partial charge in [-0.1, -0.05) is 11.6 Å². The van der Waals surface area contributed by atoms with Gasteiger partial charge in [0.15, 0.2) is 4.98 Å². The van der Waals surface area contributed by atoms with E-state index < -0.39 is 0 Å². The Morgan fingerprint density at radius 3 is 2.82 bits per heavy atom. The van der Waals surface area contributed by atoms with Gasteiger partial charge >= 0.3 is 5.69 Å². The molecule has 0 radical (unpaired) electrons. The first kappa shape index (κ1) is 7.83. The van der Waals surface area contributed by atoms with Crippen molar-refractivity contribution in [2.45, 2.75) is 0 Å². The van der Waals surface area contributed by atoms with Crippen LogP contribution >= 0.6 is 11.6 Å². The molecule has 0 saturated carbocycles. The Morgan fingerprint density at radius 2 is 2.27 bits per heavy atom. The molecule has 1 aromatic carbocycles. The Kier molecular flexibility index (Phi) is 2.29. The third kappa shape index (κ3) is 1.60. The van der Waals surface area contributed by atoms with Gasteiger partial charge in [0.25, 0.3) is 0 Å². The summed E-state index contributed by atoms with van der Waals surface area (Å²) >= 11 is 5.64. The first-order valence-electron chi connectivity index (χ1n) is 2.96. The van der Waals surface area contributed by atoms with Crippen LogP contribution in [0, 0.1) is 5.39 Å². The molecule has 1 aromatic rings. The zero-order valence-corrected chi connectivity index (χ0v) is 6.67. The number of rotatable bonds is 1. The highest BCUT2D eigenvalue weighted by molar-refractivity contribution is 6.33. The normalized spacial score (nSPS) is 8.82. The Bertz CT molecular complexity index is 306. The van der Waals surface area contributed by atoms with Crippen molar-refractivity contribution >= 4 is 17.3 Å². The summed E-state index contributed by atoms with van der Waals surface area (Å²) in [7, 11) is 1.53. The summed E-state index contributed by atoms with van der Waals surface area (Å²) in [5.41, 5.74) is 0.311. The number of hydrogen-bond donors (Lipinski definition) is 0. The second-order valence-electron chi connectivity index (χ2n) is 1.92. The van der Waals surface area contributed by atoms with Crippen molar-refractivity contribution in [2.75, 3.05) is 7.11 Å². The average molecular weight is 170 g/mol. The van der Waals surface area contributed by atoms with Gasteiger partial charge in [-0.2, -0.15) is 0 Å². The second kappa shape index (κ2) is 3.22. The molecular formula is C7H6ClN2O+. The molecule has 0 aliphatic rings. The third-order valence-corrected chi connectivity index (χ3v) is 1.58. The Balaban J connectivity index is 3.15. The molecular weight excluding hydrogens is 164 g/mol. The van der Waals surface area contributed by atoms with E-state index in [4.69, 9.17) is 21.7 Å². The van der Waals surface area contributed by atoms with Gasteiger partial charge in [0.1, 0.15) is 10.8 Å². The lowest BCUT2D eigenvalue weighted by Gasteiger charge is -1.94. The largest absolute Gasteiger partial charge is 0.496 e. The molecule has 0 heterocycles. The fourth-order valence-corrected chi connectivity index (χ4v) is 0.851. The lowest BCUT2D eigenvalue weighted by Crippen LogP contribution is -1.80. The number of nitrogens with zero attached hydrogens (tertiary/aromatic N) is 2. The molecule has 0 bridgehead atoms. The zero-order chi connectivity index (χ0) is 8.27. The van der Waals surface area contributed by atoms with Crippen LogP contribution in [0.4, 0.5) is 5.69 Å². The first-order chi connectivity index (χ1) is 5.27. The molecule has 11 heavy (non-hydrogen) atoms. The van der Waals surface area contributed by atoms with E-state index in [1.165, 1.54) is 7.11 Å². The van der Waals surface area contributed by atoms with E-state index in [1.807, 2.05) is 0 Å². The predicted molar refractivity (Wildman–Crippen MR) is 42.7 cm³/mol. The van der Waals surface area contributed by atoms with Gasteiger partial charge in [0.05, 0.1) is 13.2 Å². The summed E-state index contributed by atoms with van der Waals surface area (Å²) in [4.78, 5) is 2.97. The van der Waals surface area contributed by atoms with Gasteiger partial charge in [0.2, 0.25) is 5.39 Å². The molecule has 0 unspecified atom stereocenters. The Hall–Kier alpha value is -1.27. The van der Waals surface area contributed by atoms with E-state index in [0.29, 0.717) is 16.5 Å². The summed E-state index contributed by atoms with van der Waals surface area (Å²) in [5, 5.41) is 8.82. The van der Waals surface area contributed by atoms with Gasteiger partial charge < -0.3 is 4.74 Å². The van der Waals surface area contributed by atoms with Crippen LogP contribution in [-0.4, -0.2) is 7.11 Å². The lowest BCUT2D eigenvalue weighted by atomic mass is 10.3. The average Bonchev–Trinajstić information content (AvgIpc) is 2.05. The topological polar surface area (TPSA) is 37.4 Å². The molecule has 1 rings (SSSR count). The molecule has 0 aliphatic heterocycles. The number of methoxy groups -OCH3 is 1. The first-order valence-corrected chi connectivity index (χ1v) is 3.34. The summed E-state index contributed by atoms with van der Waals surface area (Å²) in [6.07, 6.45) is 0. The van der Waals surface area contributed by atoms with Crippen LogP contribution in [0.1, 0.15) is 0 Å². The predicted octanol–water partition coefficient (Wildman–Crippen LogP) is 2.83. The zero-order valence-electron chi connectivity index (χ0n) is 5.91. The summed E-state index contributed by atoms with van der Waals surface area (Å²) in [6.45, 7) is 0. The Labute approximate surface area is 69.2 Å². The molecule has 0 aromatic heterocycles. The smallest absolute Gasteiger partial charge is 0.407 e. The van der Waals surface area contributed by atoms with E-state index in [0.717, 1.165) is 0 Å². The highest BCUT2D eigenvalue weighted by atomic mass is 35.5. The van der Waals surface area contributed by atoms with Crippen molar-refractivity contribution in [3.8, 4) is 5.75 Å². The number of diazo groups is 1. The van der Waals surface area contributed by atoms with Crippen molar-refractivity contribution in [1.29, 1.82) is 5.39 Å². The van der Waals surface area contributed by atoms with Crippen LogP contribution in [0.25, 0.3) is 4.98 Å². The fraction of sp³-hybridized carbons (Fsp3) is 0.143. The van der Waals surface area contributed by atoms with Crippen molar-refractivity contribution in [3.63, 3.8) is 0 Å². The number of halogens is 1. The highest BCUT2D eigenvalue weighted by Gasteiger charge is 2.12. The van der Waals surface area contributed by atoms with Gasteiger partial charge in [-0.3, -0.25) is 0 Å². The standard InChI is InChI=1S/C7H6ClN2O/c1-11-5-2-3-6(8)7(4-5)10-9/h2-4H,1H3/q+1. The second-order valence-corrected chi connectivity index (χ2v) is 2.32. The molecule has 0 fully saturated rings. The van der Waals surface area contributed by atoms with Crippen molar-refractivity contribution < 1.29 is 4.74 Å². The number of ether oxygens (including phenoxy) is 1. The summed E-state index contributed by atoms with van der Waals surface area (Å²) in [6, 6.07) is 4.84. The maximum absolute atomic E-state index is 8.42. The molecule has 0 spiro atoms. The van der Waals surface area contributed by atoms with E-state index in [-0.39, 0.29) is 0 Å². The molecule has 0 amide bonds. The Morgan fingerprint density at radius 1 is 1.55 bits per heavy atom. The highest BCUT2D eigenvalue weighted by Crippen LogP contribution is 2.28. The van der Waals surface area contributed by atoms with Gasteiger partial charge in [0, 0.05) is 0 Å². The molecule has 0 N–H and O–H groups in total. The van der Waals surface area contributed by atoms with E-state index >= 15 is 0 Å². The fourth-order valence-electron chi connectivity index (χ4n) is 0.696. The van der Waals surface area contributed by atoms with Crippen LogP contribution < -0.4 is 4.74 Å². The van der Waals surface area contributed by atoms with E-state index in [2.05, 4.69) is 4.98 Å². The van der Waals surface area contributed by atoms with E-state index in [1.54, 1.807) is 18.2 Å². The van der Waals surface area contributed by atoms with Crippen LogP contribution in [0.3, 0.4) is 0 Å². The maximum Gasteiger partial charge on any atom is 0.407 e. The molecule has 0 aliphatic carbocycles. The molecule has 3 nitrogen and oxygen atoms in total. The van der Waals surface area contributed by atoms with Crippen LogP contribution in [0.2, 0.25) is 5.02 Å². The van der Waals surface area contributed by atoms with Gasteiger partial charge in [-0.15, -0.1) is 0 Å². The number of hydrogen-bond acceptors (Lipinski definition) is 2. The van der Waals surface area contributed by atoms with Crippen molar-refractivity contribution in [1.82, 2.24) is 0 Å². The van der Waals surface area contributed by atoms with Crippen molar-refractivity contribution in [2.24, 2.45) is 0 Å². The summed E-state index contributed by atoms with van der Waals surface area (Å²) < 4.78 is 4.88. The lowest BCUT2D eigenvalue weighted by molar-refractivity contribution is 0.415. The monoisotopic (exact) mass is 169 g/mol. The van der Waals surface area contributed by atoms with Gasteiger partial charge in [-0.25, -0.2) is 0 Å². The minimum atomic E-state index is 0.311. The van der Waals surface area contributed by atoms with Crippen LogP contribution in [-0.2, 0) is 0 Å². The summed E-state index contributed by atoms with van der Waals surface area (Å²) in [5.74, 6) is 0.613. The third-order valence-electron chi connectivity index (χ3n) is 1.26. The van der Waals surface area contributed by atoms with Gasteiger partial charge in [-0.05, 0) is 12.1 Å².